The van der Waals surface area contributed by atoms with E-state index in [4.69, 9.17) is 9.16 Å². The van der Waals surface area contributed by atoms with Crippen LogP contribution in [0.15, 0.2) is 53.4 Å². The van der Waals surface area contributed by atoms with E-state index in [-0.39, 0.29) is 6.10 Å². The van der Waals surface area contributed by atoms with Crippen molar-refractivity contribution >= 4 is 22.2 Å². The largest absolute Gasteiger partial charge is 0.540 e. The number of thioether (sulfide) groups is 1. The summed E-state index contributed by atoms with van der Waals surface area (Å²) in [5.74, 6) is 1.76. The second kappa shape index (κ2) is 5.31. The second-order valence-corrected chi connectivity index (χ2v) is 6.10. The first-order chi connectivity index (χ1) is 9.28. The Hall–Kier alpha value is -1.39. The summed E-state index contributed by atoms with van der Waals surface area (Å²) in [4.78, 5) is 1.21. The Morgan fingerprint density at radius 1 is 1.11 bits per heavy atom. The quantitative estimate of drug-likeness (QED) is 0.783. The predicted octanol–water partition coefficient (Wildman–Crippen LogP) is 3.76. The molecule has 0 saturated carbocycles. The van der Waals surface area contributed by atoms with Crippen LogP contribution in [0, 0.1) is 0 Å². The molecule has 0 bridgehead atoms. The van der Waals surface area contributed by atoms with Crippen molar-refractivity contribution in [3.8, 4) is 11.5 Å². The first-order valence-electron chi connectivity index (χ1n) is 6.14. The van der Waals surface area contributed by atoms with Gasteiger partial charge in [-0.2, -0.15) is 0 Å². The third kappa shape index (κ3) is 2.51. The summed E-state index contributed by atoms with van der Waals surface area (Å²) in [7, 11) is 3.02. The summed E-state index contributed by atoms with van der Waals surface area (Å²) in [6.07, 6.45) is 0.0728. The standard InChI is InChI=1S/C15H13O2SSi/c1-10-15(11-6-8-12(17-19)9-7-11)16-13-4-2-3-5-14(13)18-10/h2-10,15H,1H3. The topological polar surface area (TPSA) is 18.5 Å². The molecule has 2 atom stereocenters. The SMILES string of the molecule is CC1Sc2ccccc2OC1c1ccc(O[Si])cc1. The molecular weight excluding hydrogens is 272 g/mol. The summed E-state index contributed by atoms with van der Waals surface area (Å²) >= 11 is 1.86. The Morgan fingerprint density at radius 2 is 1.84 bits per heavy atom. The molecule has 0 spiro atoms. The van der Waals surface area contributed by atoms with Crippen LogP contribution in [-0.4, -0.2) is 15.7 Å². The Labute approximate surface area is 120 Å². The molecule has 1 aliphatic rings. The molecule has 1 heterocycles. The molecule has 0 amide bonds. The van der Waals surface area contributed by atoms with E-state index in [1.807, 2.05) is 54.2 Å². The minimum absolute atomic E-state index is 0.0728. The number of rotatable bonds is 2. The van der Waals surface area contributed by atoms with Crippen LogP contribution in [0.25, 0.3) is 0 Å². The van der Waals surface area contributed by atoms with Gasteiger partial charge in [-0.25, -0.2) is 0 Å². The summed E-state index contributed by atoms with van der Waals surface area (Å²) < 4.78 is 11.1. The molecule has 2 aromatic carbocycles. The van der Waals surface area contributed by atoms with Crippen molar-refractivity contribution in [2.24, 2.45) is 0 Å². The van der Waals surface area contributed by atoms with Gasteiger partial charge in [0.15, 0.2) is 0 Å². The van der Waals surface area contributed by atoms with Crippen LogP contribution < -0.4 is 9.16 Å². The zero-order chi connectivity index (χ0) is 13.2. The highest BCUT2D eigenvalue weighted by atomic mass is 32.2. The number of hydrogen-bond acceptors (Lipinski definition) is 3. The fraction of sp³-hybridized carbons (Fsp3) is 0.200. The van der Waals surface area contributed by atoms with Crippen molar-refractivity contribution in [2.75, 3.05) is 0 Å². The van der Waals surface area contributed by atoms with Crippen molar-refractivity contribution in [2.45, 2.75) is 23.2 Å². The molecule has 0 saturated heterocycles. The first kappa shape index (κ1) is 12.6. The van der Waals surface area contributed by atoms with Gasteiger partial charge < -0.3 is 9.16 Å². The zero-order valence-corrected chi connectivity index (χ0v) is 12.3. The van der Waals surface area contributed by atoms with Crippen LogP contribution >= 0.6 is 11.8 Å². The van der Waals surface area contributed by atoms with Crippen molar-refractivity contribution in [3.05, 3.63) is 54.1 Å². The Morgan fingerprint density at radius 3 is 2.58 bits per heavy atom. The van der Waals surface area contributed by atoms with Crippen molar-refractivity contribution in [3.63, 3.8) is 0 Å². The highest BCUT2D eigenvalue weighted by Gasteiger charge is 2.28. The highest BCUT2D eigenvalue weighted by molar-refractivity contribution is 8.00. The number of hydrogen-bond donors (Lipinski definition) is 0. The first-order valence-corrected chi connectivity index (χ1v) is 7.42. The maximum Gasteiger partial charge on any atom is 0.341 e. The molecule has 2 unspecified atom stereocenters. The second-order valence-electron chi connectivity index (χ2n) is 4.48. The minimum Gasteiger partial charge on any atom is -0.540 e. The number of para-hydroxylation sites is 1. The molecule has 4 heteroatoms. The Balaban J connectivity index is 1.89. The summed E-state index contributed by atoms with van der Waals surface area (Å²) in [5, 5.41) is 0.380. The Kier molecular flexibility index (Phi) is 3.53. The summed E-state index contributed by atoms with van der Waals surface area (Å²) in [6, 6.07) is 16.1. The van der Waals surface area contributed by atoms with E-state index in [0.717, 1.165) is 11.5 Å². The molecule has 0 N–H and O–H groups in total. The van der Waals surface area contributed by atoms with Gasteiger partial charge >= 0.3 is 10.5 Å². The van der Waals surface area contributed by atoms with Crippen LogP contribution in [0.3, 0.4) is 0 Å². The predicted molar refractivity (Wildman–Crippen MR) is 78.0 cm³/mol. The maximum absolute atomic E-state index is 6.13. The third-order valence-electron chi connectivity index (χ3n) is 3.17. The van der Waals surface area contributed by atoms with Crippen molar-refractivity contribution in [1.82, 2.24) is 0 Å². The molecular formula is C15H13O2SSi. The Bertz CT molecular complexity index is 571. The maximum atomic E-state index is 6.13. The fourth-order valence-electron chi connectivity index (χ4n) is 2.20. The average Bonchev–Trinajstić information content (AvgIpc) is 2.47. The molecule has 3 radical (unpaired) electrons. The third-order valence-corrected chi connectivity index (χ3v) is 4.61. The van der Waals surface area contributed by atoms with Gasteiger partial charge in [0.25, 0.3) is 0 Å². The van der Waals surface area contributed by atoms with Crippen LogP contribution in [-0.2, 0) is 0 Å². The normalized spacial score (nSPS) is 21.4. The molecule has 2 nitrogen and oxygen atoms in total. The van der Waals surface area contributed by atoms with E-state index in [9.17, 15) is 0 Å². The van der Waals surface area contributed by atoms with Crippen molar-refractivity contribution < 1.29 is 9.16 Å². The van der Waals surface area contributed by atoms with Gasteiger partial charge in [-0.15, -0.1) is 11.8 Å². The molecule has 19 heavy (non-hydrogen) atoms. The number of fused-ring (bicyclic) bond motifs is 1. The molecule has 0 aromatic heterocycles. The minimum atomic E-state index is 0.0728. The monoisotopic (exact) mass is 285 g/mol. The smallest absolute Gasteiger partial charge is 0.341 e. The molecule has 2 aromatic rings. The van der Waals surface area contributed by atoms with E-state index >= 15 is 0 Å². The van der Waals surface area contributed by atoms with Crippen molar-refractivity contribution in [1.29, 1.82) is 0 Å². The van der Waals surface area contributed by atoms with Gasteiger partial charge in [0.2, 0.25) is 0 Å². The molecule has 3 rings (SSSR count). The van der Waals surface area contributed by atoms with Gasteiger partial charge in [0.1, 0.15) is 17.6 Å². The van der Waals surface area contributed by atoms with E-state index in [2.05, 4.69) is 23.5 Å². The van der Waals surface area contributed by atoms with Crippen LogP contribution in [0.5, 0.6) is 11.5 Å². The number of ether oxygens (including phenoxy) is 1. The van der Waals surface area contributed by atoms with E-state index < -0.39 is 0 Å². The number of benzene rings is 2. The average molecular weight is 285 g/mol. The van der Waals surface area contributed by atoms with Gasteiger partial charge in [-0.1, -0.05) is 24.3 Å². The van der Waals surface area contributed by atoms with E-state index in [1.54, 1.807) is 0 Å². The van der Waals surface area contributed by atoms with E-state index in [0.29, 0.717) is 5.25 Å². The zero-order valence-electron chi connectivity index (χ0n) is 10.5. The summed E-state index contributed by atoms with van der Waals surface area (Å²) in [5.41, 5.74) is 1.17. The lowest BCUT2D eigenvalue weighted by atomic mass is 10.1. The lowest BCUT2D eigenvalue weighted by Crippen LogP contribution is -2.22. The lowest BCUT2D eigenvalue weighted by molar-refractivity contribution is 0.195. The molecule has 1 aliphatic heterocycles. The van der Waals surface area contributed by atoms with Gasteiger partial charge in [-0.3, -0.25) is 0 Å². The van der Waals surface area contributed by atoms with Gasteiger partial charge in [0, 0.05) is 10.1 Å². The summed E-state index contributed by atoms with van der Waals surface area (Å²) in [6.45, 7) is 2.19. The highest BCUT2D eigenvalue weighted by Crippen LogP contribution is 2.44. The van der Waals surface area contributed by atoms with E-state index in [1.165, 1.54) is 10.5 Å². The fourth-order valence-corrected chi connectivity index (χ4v) is 3.47. The molecule has 0 fully saturated rings. The van der Waals surface area contributed by atoms with Gasteiger partial charge in [-0.05, 0) is 36.8 Å². The van der Waals surface area contributed by atoms with Gasteiger partial charge in [0.05, 0.1) is 0 Å². The van der Waals surface area contributed by atoms with Crippen LogP contribution in [0.1, 0.15) is 18.6 Å². The molecule has 0 aliphatic carbocycles. The van der Waals surface area contributed by atoms with Crippen LogP contribution in [0.4, 0.5) is 0 Å². The van der Waals surface area contributed by atoms with Crippen LogP contribution in [0.2, 0.25) is 0 Å². The lowest BCUT2D eigenvalue weighted by Gasteiger charge is -2.31. The molecule has 95 valence electrons.